The zero-order valence-corrected chi connectivity index (χ0v) is 28.9. The SMILES string of the molecule is CC[C@@H](Cn1nc(C)cc1C)C(=O)N[C@@H](CNC(=O)O)C(=O)N[C@@H](CC(C)C)[C@H](O)C[C@@H](C)C(=O)N[C@H](C(=O)NCC(F)(F)F)C(C)C. The number of aryl methyl sites for hydroxylation is 2. The zero-order chi connectivity index (χ0) is 36.9. The van der Waals surface area contributed by atoms with Gasteiger partial charge in [-0.3, -0.25) is 23.9 Å². The fourth-order valence-electron chi connectivity index (χ4n) is 5.02. The molecule has 0 bridgehead atoms. The largest absolute Gasteiger partial charge is 0.465 e. The van der Waals surface area contributed by atoms with Crippen LogP contribution in [0.5, 0.6) is 0 Å². The molecule has 0 aliphatic rings. The van der Waals surface area contributed by atoms with Crippen LogP contribution in [0.15, 0.2) is 6.07 Å². The van der Waals surface area contributed by atoms with Crippen LogP contribution in [0.25, 0.3) is 0 Å². The number of carbonyl (C=O) groups is 5. The second-order valence-electron chi connectivity index (χ2n) is 13.0. The van der Waals surface area contributed by atoms with Crippen molar-refractivity contribution in [3.63, 3.8) is 0 Å². The molecule has 5 amide bonds. The summed E-state index contributed by atoms with van der Waals surface area (Å²) in [5.74, 6) is -5.06. The van der Waals surface area contributed by atoms with Gasteiger partial charge in [0.05, 0.1) is 36.8 Å². The van der Waals surface area contributed by atoms with Gasteiger partial charge < -0.3 is 36.8 Å². The molecule has 274 valence electrons. The number of halogens is 3. The molecule has 48 heavy (non-hydrogen) atoms. The van der Waals surface area contributed by atoms with E-state index in [1.807, 2.05) is 33.8 Å². The molecule has 14 nitrogen and oxygen atoms in total. The Morgan fingerprint density at radius 1 is 0.896 bits per heavy atom. The van der Waals surface area contributed by atoms with E-state index < -0.39 is 91.0 Å². The molecule has 1 rings (SSSR count). The third-order valence-electron chi connectivity index (χ3n) is 7.72. The van der Waals surface area contributed by atoms with Gasteiger partial charge in [0.25, 0.3) is 0 Å². The summed E-state index contributed by atoms with van der Waals surface area (Å²) in [6.07, 6.45) is -6.88. The first-order valence-corrected chi connectivity index (χ1v) is 16.1. The van der Waals surface area contributed by atoms with Gasteiger partial charge in [-0.25, -0.2) is 4.79 Å². The van der Waals surface area contributed by atoms with Crippen molar-refractivity contribution in [3.8, 4) is 0 Å². The van der Waals surface area contributed by atoms with Gasteiger partial charge in [0.1, 0.15) is 18.6 Å². The Balaban J connectivity index is 3.05. The van der Waals surface area contributed by atoms with E-state index >= 15 is 0 Å². The summed E-state index contributed by atoms with van der Waals surface area (Å²) < 4.78 is 39.5. The van der Waals surface area contributed by atoms with Crippen molar-refractivity contribution < 1.29 is 47.4 Å². The number of nitrogens with one attached hydrogen (secondary N) is 5. The number of hydrogen-bond acceptors (Lipinski definition) is 7. The summed E-state index contributed by atoms with van der Waals surface area (Å²) >= 11 is 0. The maximum absolute atomic E-state index is 13.5. The van der Waals surface area contributed by atoms with E-state index in [4.69, 9.17) is 0 Å². The Kier molecular flexibility index (Phi) is 16.8. The van der Waals surface area contributed by atoms with Gasteiger partial charge in [0, 0.05) is 11.6 Å². The van der Waals surface area contributed by atoms with Crippen LogP contribution in [-0.2, 0) is 25.7 Å². The molecule has 0 saturated carbocycles. The lowest BCUT2D eigenvalue weighted by molar-refractivity contribution is -0.141. The van der Waals surface area contributed by atoms with E-state index in [-0.39, 0.29) is 25.3 Å². The van der Waals surface area contributed by atoms with Crippen LogP contribution in [0.4, 0.5) is 18.0 Å². The molecule has 7 N–H and O–H groups in total. The monoisotopic (exact) mass is 691 g/mol. The molecular weight excluding hydrogens is 639 g/mol. The van der Waals surface area contributed by atoms with E-state index in [1.165, 1.54) is 6.92 Å². The zero-order valence-electron chi connectivity index (χ0n) is 28.9. The summed E-state index contributed by atoms with van der Waals surface area (Å²) in [7, 11) is 0. The molecule has 17 heteroatoms. The van der Waals surface area contributed by atoms with Crippen molar-refractivity contribution in [1.82, 2.24) is 36.4 Å². The third-order valence-corrected chi connectivity index (χ3v) is 7.72. The minimum atomic E-state index is -4.63. The van der Waals surface area contributed by atoms with Gasteiger partial charge >= 0.3 is 12.3 Å². The van der Waals surface area contributed by atoms with Gasteiger partial charge in [0.2, 0.25) is 23.6 Å². The van der Waals surface area contributed by atoms with Gasteiger partial charge in [0.15, 0.2) is 0 Å². The highest BCUT2D eigenvalue weighted by Crippen LogP contribution is 2.18. The van der Waals surface area contributed by atoms with Crippen molar-refractivity contribution >= 4 is 29.7 Å². The van der Waals surface area contributed by atoms with Gasteiger partial charge in [-0.15, -0.1) is 0 Å². The Bertz CT molecular complexity index is 1240. The molecule has 0 saturated heterocycles. The smallest absolute Gasteiger partial charge is 0.405 e. The molecule has 0 aliphatic carbocycles. The van der Waals surface area contributed by atoms with Crippen LogP contribution in [0.1, 0.15) is 72.2 Å². The van der Waals surface area contributed by atoms with Crippen molar-refractivity contribution in [3.05, 3.63) is 17.5 Å². The third kappa shape index (κ3) is 14.9. The quantitative estimate of drug-likeness (QED) is 0.114. The number of hydrogen-bond donors (Lipinski definition) is 7. The fourth-order valence-corrected chi connectivity index (χ4v) is 5.02. The van der Waals surface area contributed by atoms with Crippen molar-refractivity contribution in [1.29, 1.82) is 0 Å². The molecule has 1 heterocycles. The molecule has 0 fully saturated rings. The van der Waals surface area contributed by atoms with E-state index in [0.717, 1.165) is 11.4 Å². The van der Waals surface area contributed by atoms with Crippen LogP contribution < -0.4 is 26.6 Å². The van der Waals surface area contributed by atoms with Crippen molar-refractivity contribution in [2.45, 2.75) is 112 Å². The maximum atomic E-state index is 13.5. The molecule has 0 aromatic carbocycles. The van der Waals surface area contributed by atoms with Crippen molar-refractivity contribution in [2.24, 2.45) is 23.7 Å². The molecule has 0 radical (unpaired) electrons. The first kappa shape index (κ1) is 42.1. The van der Waals surface area contributed by atoms with Crippen LogP contribution >= 0.6 is 0 Å². The summed E-state index contributed by atoms with van der Waals surface area (Å²) in [6, 6.07) is -1.66. The topological polar surface area (TPSA) is 204 Å². The lowest BCUT2D eigenvalue weighted by Crippen LogP contribution is -2.57. The van der Waals surface area contributed by atoms with Crippen LogP contribution in [0.2, 0.25) is 0 Å². The standard InChI is InChI=1S/C31H52F3N7O7/c1-9-21(14-41-20(8)12-19(7)40-41)27(44)38-23(13-35-30(47)48)28(45)37-22(10-16(2)3)24(42)11-18(6)26(43)39-25(17(4)5)29(46)36-15-31(32,33)34/h12,16-18,21-25,35,42H,9-11,13-15H2,1-8H3,(H,36,46)(H,37,45)(H,38,44)(H,39,43)(H,47,48)/t18-,21+,22+,23+,24-,25+/m1/s1. The lowest BCUT2D eigenvalue weighted by Gasteiger charge is -2.30. The lowest BCUT2D eigenvalue weighted by atomic mass is 9.91. The molecule has 6 atom stereocenters. The number of carboxylic acid groups (broad SMARTS) is 1. The fraction of sp³-hybridized carbons (Fsp3) is 0.742. The average molecular weight is 692 g/mol. The second kappa shape index (κ2) is 19.2. The molecule has 0 unspecified atom stereocenters. The van der Waals surface area contributed by atoms with Gasteiger partial charge in [-0.05, 0) is 51.0 Å². The highest BCUT2D eigenvalue weighted by Gasteiger charge is 2.34. The first-order valence-electron chi connectivity index (χ1n) is 16.1. The van der Waals surface area contributed by atoms with E-state index in [9.17, 15) is 47.4 Å². The van der Waals surface area contributed by atoms with Crippen molar-refractivity contribution in [2.75, 3.05) is 13.1 Å². The predicted octanol–water partition coefficient (Wildman–Crippen LogP) is 2.02. The molecule has 0 spiro atoms. The maximum Gasteiger partial charge on any atom is 0.405 e. The number of nitrogens with zero attached hydrogens (tertiary/aromatic N) is 2. The number of aliphatic hydroxyl groups is 1. The number of aliphatic hydroxyl groups excluding tert-OH is 1. The Morgan fingerprint density at radius 3 is 2.00 bits per heavy atom. The molecule has 1 aromatic rings. The second-order valence-corrected chi connectivity index (χ2v) is 13.0. The summed E-state index contributed by atoms with van der Waals surface area (Å²) in [6.45, 7) is 11.9. The average Bonchev–Trinajstić information content (AvgIpc) is 3.29. The van der Waals surface area contributed by atoms with E-state index in [2.05, 4.69) is 26.4 Å². The number of alkyl halides is 3. The summed E-state index contributed by atoms with van der Waals surface area (Å²) in [5, 5.41) is 36.3. The van der Waals surface area contributed by atoms with Gasteiger partial charge in [-0.1, -0.05) is 41.5 Å². The first-order chi connectivity index (χ1) is 22.1. The molecule has 1 aromatic heterocycles. The summed E-state index contributed by atoms with van der Waals surface area (Å²) in [4.78, 5) is 63.3. The van der Waals surface area contributed by atoms with E-state index in [0.29, 0.717) is 6.42 Å². The Hall–Kier alpha value is -3.89. The Morgan fingerprint density at radius 2 is 1.52 bits per heavy atom. The molecular formula is C31H52F3N7O7. The van der Waals surface area contributed by atoms with Crippen LogP contribution in [0.3, 0.4) is 0 Å². The minimum absolute atomic E-state index is 0.0489. The number of amides is 5. The van der Waals surface area contributed by atoms with E-state index in [1.54, 1.807) is 30.8 Å². The highest BCUT2D eigenvalue weighted by atomic mass is 19.4. The Labute approximate surface area is 279 Å². The van der Waals surface area contributed by atoms with Crippen LogP contribution in [-0.4, -0.2) is 93.2 Å². The number of rotatable bonds is 19. The predicted molar refractivity (Wildman–Crippen MR) is 170 cm³/mol. The minimum Gasteiger partial charge on any atom is -0.465 e. The normalized spacial score (nSPS) is 15.5. The summed E-state index contributed by atoms with van der Waals surface area (Å²) in [5.41, 5.74) is 1.62. The van der Waals surface area contributed by atoms with Gasteiger partial charge in [-0.2, -0.15) is 18.3 Å². The number of aromatic nitrogens is 2. The number of carbonyl (C=O) groups excluding carboxylic acids is 4. The highest BCUT2D eigenvalue weighted by molar-refractivity contribution is 5.90. The van der Waals surface area contributed by atoms with Crippen LogP contribution in [0, 0.1) is 37.5 Å². The molecule has 0 aliphatic heterocycles.